The van der Waals surface area contributed by atoms with Crippen molar-refractivity contribution in [2.75, 3.05) is 13.2 Å². The number of thiazole rings is 1. The molecule has 0 saturated heterocycles. The zero-order valence-corrected chi connectivity index (χ0v) is 17.1. The van der Waals surface area contributed by atoms with Gasteiger partial charge < -0.3 is 10.1 Å². The van der Waals surface area contributed by atoms with Crippen LogP contribution in [0.5, 0.6) is 0 Å². The van der Waals surface area contributed by atoms with Gasteiger partial charge in [-0.25, -0.2) is 9.37 Å². The highest BCUT2D eigenvalue weighted by Crippen LogP contribution is 2.30. The molecule has 29 heavy (non-hydrogen) atoms. The van der Waals surface area contributed by atoms with E-state index in [9.17, 15) is 9.18 Å². The van der Waals surface area contributed by atoms with Crippen LogP contribution in [0.25, 0.3) is 26.4 Å². The van der Waals surface area contributed by atoms with Gasteiger partial charge in [0.25, 0.3) is 5.91 Å². The van der Waals surface area contributed by atoms with Crippen molar-refractivity contribution in [1.82, 2.24) is 14.7 Å². The topological polar surface area (TPSA) is 55.6 Å². The highest BCUT2D eigenvalue weighted by molar-refractivity contribution is 7.23. The molecule has 1 amide bonds. The monoisotopic (exact) mass is 411 g/mol. The van der Waals surface area contributed by atoms with Gasteiger partial charge in [-0.1, -0.05) is 11.3 Å². The molecule has 0 fully saturated rings. The third-order valence-electron chi connectivity index (χ3n) is 4.55. The summed E-state index contributed by atoms with van der Waals surface area (Å²) in [5, 5.41) is 2.93. The molecule has 0 spiro atoms. The van der Waals surface area contributed by atoms with Gasteiger partial charge >= 0.3 is 0 Å². The molecule has 7 heteroatoms. The zero-order chi connectivity index (χ0) is 20.4. The maximum absolute atomic E-state index is 13.1. The van der Waals surface area contributed by atoms with E-state index in [1.807, 2.05) is 42.6 Å². The third kappa shape index (κ3) is 4.31. The molecule has 0 aliphatic carbocycles. The molecular weight excluding hydrogens is 389 g/mol. The molecule has 0 bridgehead atoms. The van der Waals surface area contributed by atoms with Crippen LogP contribution < -0.4 is 5.32 Å². The van der Waals surface area contributed by atoms with E-state index in [0.717, 1.165) is 32.9 Å². The summed E-state index contributed by atoms with van der Waals surface area (Å²) >= 11 is 1.52. The third-order valence-corrected chi connectivity index (χ3v) is 5.57. The number of benzene rings is 2. The second-order valence-electron chi connectivity index (χ2n) is 7.10. The van der Waals surface area contributed by atoms with Crippen LogP contribution in [0.2, 0.25) is 0 Å². The molecule has 2 heterocycles. The van der Waals surface area contributed by atoms with Crippen LogP contribution in [0.15, 0.2) is 48.7 Å². The Kier molecular flexibility index (Phi) is 5.60. The van der Waals surface area contributed by atoms with E-state index in [0.29, 0.717) is 18.7 Å². The maximum atomic E-state index is 13.1. The molecule has 2 aromatic carbocycles. The molecule has 4 rings (SSSR count). The van der Waals surface area contributed by atoms with Crippen molar-refractivity contribution in [3.8, 4) is 11.3 Å². The summed E-state index contributed by atoms with van der Waals surface area (Å²) in [4.78, 5) is 17.9. The van der Waals surface area contributed by atoms with Crippen LogP contribution in [-0.2, 0) is 4.74 Å². The van der Waals surface area contributed by atoms with E-state index < -0.39 is 0 Å². The fraction of sp³-hybridized carbons (Fsp3) is 0.273. The summed E-state index contributed by atoms with van der Waals surface area (Å²) in [5.41, 5.74) is 3.29. The molecule has 2 aromatic heterocycles. The molecule has 150 valence electrons. The number of nitrogens with zero attached hydrogens (tertiary/aromatic N) is 2. The maximum Gasteiger partial charge on any atom is 0.251 e. The lowest BCUT2D eigenvalue weighted by molar-refractivity contribution is 0.0757. The number of fused-ring (bicyclic) bond motifs is 3. The van der Waals surface area contributed by atoms with Crippen molar-refractivity contribution < 1.29 is 13.9 Å². The average Bonchev–Trinajstić information content (AvgIpc) is 3.25. The van der Waals surface area contributed by atoms with Gasteiger partial charge in [0.1, 0.15) is 5.82 Å². The molecule has 0 atom stereocenters. The molecular formula is C22H22FN3O2S. The predicted octanol–water partition coefficient (Wildman–Crippen LogP) is 4.90. The molecule has 0 radical (unpaired) electrons. The first kappa shape index (κ1) is 19.5. The molecule has 0 unspecified atom stereocenters. The lowest BCUT2D eigenvalue weighted by Crippen LogP contribution is -2.25. The number of imidazole rings is 1. The van der Waals surface area contributed by atoms with E-state index >= 15 is 0 Å². The minimum absolute atomic E-state index is 0.0884. The number of amides is 1. The standard InChI is InChI=1S/C22H22FN3O2S/c1-14(2)28-11-3-10-24-21(27)16-6-9-19-20(12-16)29-22-25-18(13-26(19)22)15-4-7-17(23)8-5-15/h4-9,12-14H,3,10-11H2,1-2H3,(H,24,27). The Morgan fingerprint density at radius 1 is 1.24 bits per heavy atom. The number of aromatic nitrogens is 2. The van der Waals surface area contributed by atoms with Gasteiger partial charge in [-0.05, 0) is 62.7 Å². The van der Waals surface area contributed by atoms with Crippen LogP contribution in [0.3, 0.4) is 0 Å². The summed E-state index contributed by atoms with van der Waals surface area (Å²) in [6.07, 6.45) is 2.93. The fourth-order valence-electron chi connectivity index (χ4n) is 3.10. The van der Waals surface area contributed by atoms with Crippen molar-refractivity contribution in [2.45, 2.75) is 26.4 Å². The van der Waals surface area contributed by atoms with Crippen LogP contribution >= 0.6 is 11.3 Å². The van der Waals surface area contributed by atoms with Crippen molar-refractivity contribution in [3.05, 3.63) is 60.0 Å². The Hall–Kier alpha value is -2.77. The van der Waals surface area contributed by atoms with E-state index in [4.69, 9.17) is 4.74 Å². The van der Waals surface area contributed by atoms with Gasteiger partial charge in [-0.15, -0.1) is 0 Å². The van der Waals surface area contributed by atoms with Crippen molar-refractivity contribution in [3.63, 3.8) is 0 Å². The van der Waals surface area contributed by atoms with Crippen LogP contribution in [0.1, 0.15) is 30.6 Å². The van der Waals surface area contributed by atoms with E-state index in [2.05, 4.69) is 10.3 Å². The summed E-state index contributed by atoms with van der Waals surface area (Å²) in [6, 6.07) is 12.0. The first-order chi connectivity index (χ1) is 14.0. The fourth-order valence-corrected chi connectivity index (χ4v) is 4.14. The number of nitrogens with one attached hydrogen (secondary N) is 1. The van der Waals surface area contributed by atoms with Crippen molar-refractivity contribution in [2.24, 2.45) is 0 Å². The number of rotatable bonds is 7. The smallest absolute Gasteiger partial charge is 0.251 e. The Balaban J connectivity index is 1.49. The van der Waals surface area contributed by atoms with Crippen LogP contribution in [0.4, 0.5) is 4.39 Å². The minimum Gasteiger partial charge on any atom is -0.379 e. The number of ether oxygens (including phenoxy) is 1. The van der Waals surface area contributed by atoms with E-state index in [1.165, 1.54) is 23.5 Å². The second kappa shape index (κ2) is 8.31. The predicted molar refractivity (Wildman–Crippen MR) is 114 cm³/mol. The molecule has 0 saturated carbocycles. The van der Waals surface area contributed by atoms with Gasteiger partial charge in [0.2, 0.25) is 0 Å². The number of carbonyl (C=O) groups is 1. The van der Waals surface area contributed by atoms with Crippen molar-refractivity contribution >= 4 is 32.4 Å². The summed E-state index contributed by atoms with van der Waals surface area (Å²) < 4.78 is 21.6. The van der Waals surface area contributed by atoms with Gasteiger partial charge in [-0.3, -0.25) is 9.20 Å². The normalized spacial score (nSPS) is 11.6. The summed E-state index contributed by atoms with van der Waals surface area (Å²) in [6.45, 7) is 5.20. The number of carbonyl (C=O) groups excluding carboxylic acids is 1. The Bertz CT molecular complexity index is 1150. The first-order valence-electron chi connectivity index (χ1n) is 9.58. The summed E-state index contributed by atoms with van der Waals surface area (Å²) in [7, 11) is 0. The first-order valence-corrected chi connectivity index (χ1v) is 10.4. The van der Waals surface area contributed by atoms with Crippen LogP contribution in [0, 0.1) is 5.82 Å². The Morgan fingerprint density at radius 3 is 2.79 bits per heavy atom. The number of halogens is 1. The molecule has 5 nitrogen and oxygen atoms in total. The van der Waals surface area contributed by atoms with Crippen LogP contribution in [-0.4, -0.2) is 34.5 Å². The van der Waals surface area contributed by atoms with Gasteiger partial charge in [0.05, 0.1) is 22.0 Å². The van der Waals surface area contributed by atoms with E-state index in [-0.39, 0.29) is 17.8 Å². The Labute approximate surface area is 172 Å². The SMILES string of the molecule is CC(C)OCCCNC(=O)c1ccc2c(c1)sc1nc(-c3ccc(F)cc3)cn12. The largest absolute Gasteiger partial charge is 0.379 e. The second-order valence-corrected chi connectivity index (χ2v) is 8.11. The molecule has 1 N–H and O–H groups in total. The van der Waals surface area contributed by atoms with Gasteiger partial charge in [0.15, 0.2) is 4.96 Å². The molecule has 0 aliphatic heterocycles. The highest BCUT2D eigenvalue weighted by Gasteiger charge is 2.13. The van der Waals surface area contributed by atoms with Crippen molar-refractivity contribution in [1.29, 1.82) is 0 Å². The lowest BCUT2D eigenvalue weighted by Gasteiger charge is -2.08. The zero-order valence-electron chi connectivity index (χ0n) is 16.3. The minimum atomic E-state index is -0.265. The molecule has 0 aliphatic rings. The quantitative estimate of drug-likeness (QED) is 0.440. The Morgan fingerprint density at radius 2 is 2.03 bits per heavy atom. The number of hydrogen-bond acceptors (Lipinski definition) is 4. The average molecular weight is 412 g/mol. The highest BCUT2D eigenvalue weighted by atomic mass is 32.1. The lowest BCUT2D eigenvalue weighted by atomic mass is 10.2. The molecule has 4 aromatic rings. The summed E-state index contributed by atoms with van der Waals surface area (Å²) in [5.74, 6) is -0.354. The van der Waals surface area contributed by atoms with Gasteiger partial charge in [-0.2, -0.15) is 0 Å². The number of hydrogen-bond donors (Lipinski definition) is 1. The van der Waals surface area contributed by atoms with Gasteiger partial charge in [0, 0.05) is 30.5 Å². The van der Waals surface area contributed by atoms with E-state index in [1.54, 1.807) is 12.1 Å².